The van der Waals surface area contributed by atoms with Crippen LogP contribution in [0.4, 0.5) is 5.82 Å². The van der Waals surface area contributed by atoms with Gasteiger partial charge < -0.3 is 10.0 Å². The fraction of sp³-hybridized carbons (Fsp3) is 0.500. The molecule has 0 radical (unpaired) electrons. The van der Waals surface area contributed by atoms with Gasteiger partial charge in [-0.2, -0.15) is 0 Å². The second-order valence-corrected chi connectivity index (χ2v) is 4.31. The quantitative estimate of drug-likeness (QED) is 0.807. The molecule has 0 aliphatic carbocycles. The first kappa shape index (κ1) is 9.14. The Morgan fingerprint density at radius 2 is 2.38 bits per heavy atom. The molecule has 0 unspecified atom stereocenters. The molecule has 0 spiro atoms. The molecular formula is C8H10IN3O. The van der Waals surface area contributed by atoms with E-state index in [4.69, 9.17) is 5.11 Å². The van der Waals surface area contributed by atoms with Crippen molar-refractivity contribution in [3.8, 4) is 0 Å². The van der Waals surface area contributed by atoms with Gasteiger partial charge in [0.05, 0.1) is 3.57 Å². The van der Waals surface area contributed by atoms with Crippen LogP contribution in [0.2, 0.25) is 0 Å². The summed E-state index contributed by atoms with van der Waals surface area (Å²) in [6.45, 7) is 2.09. The third-order valence-corrected chi connectivity index (χ3v) is 2.92. The van der Waals surface area contributed by atoms with E-state index in [1.54, 1.807) is 12.5 Å². The fourth-order valence-corrected chi connectivity index (χ4v) is 2.04. The molecule has 4 nitrogen and oxygen atoms in total. The van der Waals surface area contributed by atoms with Crippen molar-refractivity contribution in [1.82, 2.24) is 9.97 Å². The lowest BCUT2D eigenvalue weighted by Crippen LogP contribution is -2.49. The summed E-state index contributed by atoms with van der Waals surface area (Å²) in [5, 5.41) is 8.86. The number of hydrogen-bond acceptors (Lipinski definition) is 4. The Kier molecular flexibility index (Phi) is 2.63. The lowest BCUT2D eigenvalue weighted by Gasteiger charge is -2.39. The number of rotatable bonds is 2. The highest BCUT2D eigenvalue weighted by Crippen LogP contribution is 2.25. The molecule has 0 bridgehead atoms. The maximum absolute atomic E-state index is 8.86. The van der Waals surface area contributed by atoms with Crippen molar-refractivity contribution < 1.29 is 5.11 Å². The van der Waals surface area contributed by atoms with Crippen LogP contribution in [0, 0.1) is 9.49 Å². The van der Waals surface area contributed by atoms with E-state index >= 15 is 0 Å². The summed E-state index contributed by atoms with van der Waals surface area (Å²) in [6.07, 6.45) is 3.36. The Morgan fingerprint density at radius 1 is 1.62 bits per heavy atom. The van der Waals surface area contributed by atoms with Crippen LogP contribution in [0.25, 0.3) is 0 Å². The first-order valence-electron chi connectivity index (χ1n) is 4.12. The lowest BCUT2D eigenvalue weighted by atomic mass is 10.0. The van der Waals surface area contributed by atoms with Gasteiger partial charge in [0, 0.05) is 31.8 Å². The Balaban J connectivity index is 2.07. The zero-order valence-corrected chi connectivity index (χ0v) is 9.18. The summed E-state index contributed by atoms with van der Waals surface area (Å²) in [4.78, 5) is 10.3. The molecule has 0 aromatic carbocycles. The van der Waals surface area contributed by atoms with E-state index in [2.05, 4.69) is 37.5 Å². The van der Waals surface area contributed by atoms with Gasteiger partial charge in [0.1, 0.15) is 12.1 Å². The Morgan fingerprint density at radius 3 is 3.00 bits per heavy atom. The molecule has 1 aliphatic rings. The van der Waals surface area contributed by atoms with Gasteiger partial charge in [-0.05, 0) is 22.6 Å². The highest BCUT2D eigenvalue weighted by Gasteiger charge is 2.27. The van der Waals surface area contributed by atoms with Crippen LogP contribution in [0.5, 0.6) is 0 Å². The van der Waals surface area contributed by atoms with E-state index in [-0.39, 0.29) is 6.61 Å². The van der Waals surface area contributed by atoms with E-state index in [1.807, 2.05) is 0 Å². The van der Waals surface area contributed by atoms with Gasteiger partial charge in [0.25, 0.3) is 0 Å². The highest BCUT2D eigenvalue weighted by atomic mass is 127. The third-order valence-electron chi connectivity index (χ3n) is 2.16. The van der Waals surface area contributed by atoms with Crippen molar-refractivity contribution in [3.05, 3.63) is 16.1 Å². The van der Waals surface area contributed by atoms with Gasteiger partial charge in [-0.1, -0.05) is 0 Å². The fourth-order valence-electron chi connectivity index (χ4n) is 1.40. The van der Waals surface area contributed by atoms with Crippen molar-refractivity contribution in [2.75, 3.05) is 24.6 Å². The topological polar surface area (TPSA) is 49.2 Å². The second-order valence-electron chi connectivity index (χ2n) is 3.15. The molecule has 2 heterocycles. The molecule has 5 heteroatoms. The predicted molar refractivity (Wildman–Crippen MR) is 57.5 cm³/mol. The van der Waals surface area contributed by atoms with E-state index < -0.39 is 0 Å². The summed E-state index contributed by atoms with van der Waals surface area (Å²) >= 11 is 2.22. The van der Waals surface area contributed by atoms with E-state index in [9.17, 15) is 0 Å². The molecule has 0 saturated carbocycles. The van der Waals surface area contributed by atoms with Crippen molar-refractivity contribution in [3.63, 3.8) is 0 Å². The molecule has 0 amide bonds. The van der Waals surface area contributed by atoms with Gasteiger partial charge in [-0.25, -0.2) is 9.97 Å². The number of hydrogen-bond donors (Lipinski definition) is 1. The minimum Gasteiger partial charge on any atom is -0.396 e. The smallest absolute Gasteiger partial charge is 0.145 e. The number of halogens is 1. The summed E-state index contributed by atoms with van der Waals surface area (Å²) in [7, 11) is 0. The highest BCUT2D eigenvalue weighted by molar-refractivity contribution is 14.1. The maximum atomic E-state index is 8.86. The van der Waals surface area contributed by atoms with Gasteiger partial charge in [-0.15, -0.1) is 0 Å². The van der Waals surface area contributed by atoms with Crippen LogP contribution in [0.3, 0.4) is 0 Å². The van der Waals surface area contributed by atoms with Crippen molar-refractivity contribution in [2.45, 2.75) is 0 Å². The summed E-state index contributed by atoms with van der Waals surface area (Å²) in [6, 6.07) is 0. The lowest BCUT2D eigenvalue weighted by molar-refractivity contribution is 0.200. The molecule has 1 aliphatic heterocycles. The van der Waals surface area contributed by atoms with Crippen molar-refractivity contribution >= 4 is 28.4 Å². The zero-order chi connectivity index (χ0) is 9.26. The van der Waals surface area contributed by atoms with Gasteiger partial charge in [0.2, 0.25) is 0 Å². The Bertz CT molecular complexity index is 301. The Hall–Kier alpha value is -0.430. The van der Waals surface area contributed by atoms with Crippen LogP contribution in [0.1, 0.15) is 0 Å². The molecule has 1 N–H and O–H groups in total. The molecule has 1 fully saturated rings. The summed E-state index contributed by atoms with van der Waals surface area (Å²) in [5.74, 6) is 1.41. The van der Waals surface area contributed by atoms with Crippen LogP contribution < -0.4 is 4.90 Å². The van der Waals surface area contributed by atoms with Gasteiger partial charge in [-0.3, -0.25) is 0 Å². The van der Waals surface area contributed by atoms with Crippen LogP contribution in [0.15, 0.2) is 12.5 Å². The molecule has 70 valence electrons. The molecule has 1 saturated heterocycles. The van der Waals surface area contributed by atoms with Crippen LogP contribution in [-0.2, 0) is 0 Å². The average Bonchev–Trinajstić information content (AvgIpc) is 2.06. The minimum atomic E-state index is 0.276. The second kappa shape index (κ2) is 3.75. The summed E-state index contributed by atoms with van der Waals surface area (Å²) in [5.41, 5.74) is 0. The number of aromatic nitrogens is 2. The zero-order valence-electron chi connectivity index (χ0n) is 7.02. The monoisotopic (exact) mass is 291 g/mol. The molecule has 13 heavy (non-hydrogen) atoms. The van der Waals surface area contributed by atoms with E-state index in [0.29, 0.717) is 5.92 Å². The van der Waals surface area contributed by atoms with Crippen molar-refractivity contribution in [2.24, 2.45) is 5.92 Å². The Labute approximate surface area is 90.1 Å². The molecule has 1 aromatic rings. The normalized spacial score (nSPS) is 17.2. The number of nitrogens with zero attached hydrogens (tertiary/aromatic N) is 3. The average molecular weight is 291 g/mol. The molecule has 2 rings (SSSR count). The molecule has 0 atom stereocenters. The molecule has 1 aromatic heterocycles. The summed E-state index contributed by atoms with van der Waals surface area (Å²) < 4.78 is 1.07. The van der Waals surface area contributed by atoms with Gasteiger partial charge >= 0.3 is 0 Å². The first-order valence-corrected chi connectivity index (χ1v) is 5.20. The standard InChI is InChI=1S/C8H10IN3O/c9-7-1-10-5-11-8(7)12-2-6(3-12)4-13/h1,5-6,13H,2-4H2. The predicted octanol–water partition coefficient (Wildman–Crippen LogP) is 0.510. The number of aliphatic hydroxyl groups is 1. The first-order chi connectivity index (χ1) is 6.31. The van der Waals surface area contributed by atoms with Crippen molar-refractivity contribution in [1.29, 1.82) is 0 Å². The largest absolute Gasteiger partial charge is 0.396 e. The van der Waals surface area contributed by atoms with E-state index in [0.717, 1.165) is 22.5 Å². The van der Waals surface area contributed by atoms with E-state index in [1.165, 1.54) is 0 Å². The molecular weight excluding hydrogens is 281 g/mol. The SMILES string of the molecule is OCC1CN(c2ncncc2I)C1. The minimum absolute atomic E-state index is 0.276. The number of aliphatic hydroxyl groups excluding tert-OH is 1. The number of anilines is 1. The van der Waals surface area contributed by atoms with Crippen LogP contribution in [-0.4, -0.2) is 34.8 Å². The maximum Gasteiger partial charge on any atom is 0.145 e. The van der Waals surface area contributed by atoms with Crippen LogP contribution >= 0.6 is 22.6 Å². The third kappa shape index (κ3) is 1.76. The van der Waals surface area contributed by atoms with Gasteiger partial charge in [0.15, 0.2) is 0 Å².